The first-order valence-corrected chi connectivity index (χ1v) is 8.79. The summed E-state index contributed by atoms with van der Waals surface area (Å²) in [5.74, 6) is 0. The van der Waals surface area contributed by atoms with Crippen molar-refractivity contribution in [2.75, 3.05) is 19.6 Å². The summed E-state index contributed by atoms with van der Waals surface area (Å²) in [6.45, 7) is 11.3. The van der Waals surface area contributed by atoms with Gasteiger partial charge in [-0.2, -0.15) is 4.31 Å². The topological polar surface area (TPSA) is 49.4 Å². The van der Waals surface area contributed by atoms with Gasteiger partial charge in [0.15, 0.2) is 0 Å². The van der Waals surface area contributed by atoms with Crippen molar-refractivity contribution in [2.45, 2.75) is 38.1 Å². The normalized spacial score (nSPS) is 12.0. The molecule has 0 aliphatic carbocycles. The molecule has 118 valence electrons. The monoisotopic (exact) mass is 310 g/mol. The summed E-state index contributed by atoms with van der Waals surface area (Å²) >= 11 is 0. The Hall–Kier alpha value is -1.17. The van der Waals surface area contributed by atoms with Crippen LogP contribution in [0.4, 0.5) is 0 Å². The molecule has 1 N–H and O–H groups in total. The molecule has 0 radical (unpaired) electrons. The van der Waals surface area contributed by atoms with Crippen LogP contribution in [0.25, 0.3) is 0 Å². The first-order chi connectivity index (χ1) is 9.91. The van der Waals surface area contributed by atoms with Crippen molar-refractivity contribution in [3.05, 3.63) is 42.5 Å². The van der Waals surface area contributed by atoms with Crippen LogP contribution >= 0.6 is 0 Å². The van der Waals surface area contributed by atoms with E-state index in [1.807, 2.05) is 19.1 Å². The number of hydrogen-bond acceptors (Lipinski definition) is 3. The van der Waals surface area contributed by atoms with Gasteiger partial charge >= 0.3 is 0 Å². The van der Waals surface area contributed by atoms with Crippen molar-refractivity contribution in [3.63, 3.8) is 0 Å². The fraction of sp³-hybridized carbons (Fsp3) is 0.500. The fourth-order valence-electron chi connectivity index (χ4n) is 2.02. The minimum absolute atomic E-state index is 0.332. The molecule has 0 bridgehead atoms. The Morgan fingerprint density at radius 1 is 1.29 bits per heavy atom. The fourth-order valence-corrected chi connectivity index (χ4v) is 3.44. The summed E-state index contributed by atoms with van der Waals surface area (Å²) in [4.78, 5) is 0.340. The van der Waals surface area contributed by atoms with Gasteiger partial charge in [-0.15, -0.1) is 6.58 Å². The summed E-state index contributed by atoms with van der Waals surface area (Å²) in [6, 6.07) is 7.60. The molecular formula is C16H26N2O2S. The lowest BCUT2D eigenvalue weighted by Gasteiger charge is -2.18. The molecule has 0 heterocycles. The highest BCUT2D eigenvalue weighted by Crippen LogP contribution is 2.16. The zero-order valence-corrected chi connectivity index (χ0v) is 14.0. The zero-order valence-electron chi connectivity index (χ0n) is 13.2. The Kier molecular flexibility index (Phi) is 7.08. The lowest BCUT2D eigenvalue weighted by Crippen LogP contribution is -2.31. The number of nitrogens with zero attached hydrogens (tertiary/aromatic N) is 1. The summed E-state index contributed by atoms with van der Waals surface area (Å²) in [5.41, 5.74) is 1.13. The van der Waals surface area contributed by atoms with Gasteiger partial charge in [0.2, 0.25) is 10.0 Å². The lowest BCUT2D eigenvalue weighted by molar-refractivity contribution is 0.460. The average molecular weight is 310 g/mol. The maximum Gasteiger partial charge on any atom is 0.243 e. The second kappa shape index (κ2) is 8.32. The van der Waals surface area contributed by atoms with E-state index in [0.29, 0.717) is 24.0 Å². The highest BCUT2D eigenvalue weighted by atomic mass is 32.2. The van der Waals surface area contributed by atoms with Crippen molar-refractivity contribution in [1.29, 1.82) is 0 Å². The van der Waals surface area contributed by atoms with E-state index >= 15 is 0 Å². The van der Waals surface area contributed by atoms with Crippen LogP contribution in [-0.4, -0.2) is 38.4 Å². The van der Waals surface area contributed by atoms with Gasteiger partial charge in [-0.25, -0.2) is 8.42 Å². The first kappa shape index (κ1) is 17.9. The van der Waals surface area contributed by atoms with E-state index in [1.54, 1.807) is 18.2 Å². The third-order valence-electron chi connectivity index (χ3n) is 3.21. The minimum atomic E-state index is -3.42. The molecule has 0 aliphatic rings. The van der Waals surface area contributed by atoms with E-state index in [0.717, 1.165) is 18.5 Å². The highest BCUT2D eigenvalue weighted by molar-refractivity contribution is 7.89. The van der Waals surface area contributed by atoms with Crippen LogP contribution in [0.2, 0.25) is 0 Å². The molecule has 0 fully saturated rings. The molecule has 1 aromatic rings. The van der Waals surface area contributed by atoms with Crippen molar-refractivity contribution in [3.8, 4) is 0 Å². The van der Waals surface area contributed by atoms with Crippen LogP contribution in [0.3, 0.4) is 0 Å². The number of hydrogen-bond donors (Lipinski definition) is 1. The van der Waals surface area contributed by atoms with E-state index in [4.69, 9.17) is 0 Å². The molecule has 0 spiro atoms. The SMILES string of the molecule is C=CCN(CC)S(=O)(=O)c1ccc(CCNC(C)C)cc1. The van der Waals surface area contributed by atoms with E-state index in [9.17, 15) is 8.42 Å². The second-order valence-corrected chi connectivity index (χ2v) is 7.19. The van der Waals surface area contributed by atoms with Gasteiger partial charge in [0.1, 0.15) is 0 Å². The molecule has 1 rings (SSSR count). The van der Waals surface area contributed by atoms with Crippen LogP contribution in [0, 0.1) is 0 Å². The maximum atomic E-state index is 12.4. The molecule has 21 heavy (non-hydrogen) atoms. The molecule has 0 atom stereocenters. The molecule has 4 nitrogen and oxygen atoms in total. The molecule has 0 unspecified atom stereocenters. The van der Waals surface area contributed by atoms with Crippen molar-refractivity contribution < 1.29 is 8.42 Å². The third-order valence-corrected chi connectivity index (χ3v) is 5.17. The summed E-state index contributed by atoms with van der Waals surface area (Å²) < 4.78 is 26.3. The average Bonchev–Trinajstić information content (AvgIpc) is 2.44. The number of sulfonamides is 1. The molecule has 1 aromatic carbocycles. The Balaban J connectivity index is 2.78. The summed E-state index contributed by atoms with van der Waals surface area (Å²) in [5, 5.41) is 3.35. The first-order valence-electron chi connectivity index (χ1n) is 7.35. The van der Waals surface area contributed by atoms with E-state index < -0.39 is 10.0 Å². The van der Waals surface area contributed by atoms with Gasteiger partial charge in [-0.3, -0.25) is 0 Å². The summed E-state index contributed by atoms with van der Waals surface area (Å²) in [6.07, 6.45) is 2.50. The van der Waals surface area contributed by atoms with Crippen LogP contribution in [0.1, 0.15) is 26.3 Å². The van der Waals surface area contributed by atoms with Gasteiger partial charge in [0.05, 0.1) is 4.90 Å². The van der Waals surface area contributed by atoms with Gasteiger partial charge in [0.25, 0.3) is 0 Å². The van der Waals surface area contributed by atoms with Gasteiger partial charge in [0, 0.05) is 19.1 Å². The quantitative estimate of drug-likeness (QED) is 0.713. The van der Waals surface area contributed by atoms with E-state index in [-0.39, 0.29) is 0 Å². The Morgan fingerprint density at radius 2 is 1.90 bits per heavy atom. The Bertz CT molecular complexity index is 536. The van der Waals surface area contributed by atoms with E-state index in [1.165, 1.54) is 4.31 Å². The van der Waals surface area contributed by atoms with Crippen LogP contribution in [-0.2, 0) is 16.4 Å². The highest BCUT2D eigenvalue weighted by Gasteiger charge is 2.21. The van der Waals surface area contributed by atoms with Crippen molar-refractivity contribution in [1.82, 2.24) is 9.62 Å². The molecular weight excluding hydrogens is 284 g/mol. The lowest BCUT2D eigenvalue weighted by atomic mass is 10.1. The second-order valence-electron chi connectivity index (χ2n) is 5.25. The Labute approximate surface area is 128 Å². The summed E-state index contributed by atoms with van der Waals surface area (Å²) in [7, 11) is -3.42. The molecule has 0 aromatic heterocycles. The smallest absolute Gasteiger partial charge is 0.243 e. The zero-order chi connectivity index (χ0) is 15.9. The number of rotatable bonds is 9. The largest absolute Gasteiger partial charge is 0.314 e. The minimum Gasteiger partial charge on any atom is -0.314 e. The third kappa shape index (κ3) is 5.26. The predicted molar refractivity (Wildman–Crippen MR) is 87.9 cm³/mol. The predicted octanol–water partition coefficient (Wildman–Crippen LogP) is 2.42. The molecule has 0 amide bonds. The number of benzene rings is 1. The van der Waals surface area contributed by atoms with E-state index in [2.05, 4.69) is 25.7 Å². The van der Waals surface area contributed by atoms with Crippen LogP contribution in [0.15, 0.2) is 41.8 Å². The van der Waals surface area contributed by atoms with Crippen molar-refractivity contribution in [2.24, 2.45) is 0 Å². The molecule has 0 saturated carbocycles. The number of likely N-dealkylation sites (N-methyl/N-ethyl adjacent to an activating group) is 1. The van der Waals surface area contributed by atoms with Crippen molar-refractivity contribution >= 4 is 10.0 Å². The Morgan fingerprint density at radius 3 is 2.38 bits per heavy atom. The van der Waals surface area contributed by atoms with Crippen LogP contribution < -0.4 is 5.32 Å². The maximum absolute atomic E-state index is 12.4. The molecule has 5 heteroatoms. The number of nitrogens with one attached hydrogen (secondary N) is 1. The molecule has 0 aliphatic heterocycles. The van der Waals surface area contributed by atoms with Gasteiger partial charge < -0.3 is 5.32 Å². The standard InChI is InChI=1S/C16H26N2O2S/c1-5-13-18(6-2)21(19,20)16-9-7-15(8-10-16)11-12-17-14(3)4/h5,7-10,14,17H,1,6,11-13H2,2-4H3. The van der Waals surface area contributed by atoms with Gasteiger partial charge in [-0.05, 0) is 30.7 Å². The van der Waals surface area contributed by atoms with Gasteiger partial charge in [-0.1, -0.05) is 39.0 Å². The molecule has 0 saturated heterocycles. The van der Waals surface area contributed by atoms with Crippen LogP contribution in [0.5, 0.6) is 0 Å².